The highest BCUT2D eigenvalue weighted by molar-refractivity contribution is 6.24. The quantitative estimate of drug-likeness (QED) is 0.612. The van der Waals surface area contributed by atoms with Crippen LogP contribution in [0.1, 0.15) is 11.1 Å². The number of fused-ring (bicyclic) bond motifs is 3. The highest BCUT2D eigenvalue weighted by atomic mass is 16.6. The van der Waals surface area contributed by atoms with Crippen LogP contribution in [-0.2, 0) is 4.79 Å². The first-order valence-corrected chi connectivity index (χ1v) is 6.11. The minimum absolute atomic E-state index is 0.0345. The van der Waals surface area contributed by atoms with Gasteiger partial charge in [0, 0.05) is 17.7 Å². The first-order chi connectivity index (χ1) is 10.8. The molecule has 10 heteroatoms. The Hall–Kier alpha value is -3.69. The third kappa shape index (κ3) is 2.00. The largest absolute Gasteiger partial charge is 0.289 e. The summed E-state index contributed by atoms with van der Waals surface area (Å²) < 4.78 is 0. The summed E-state index contributed by atoms with van der Waals surface area (Å²) in [6, 6.07) is 1.77. The van der Waals surface area contributed by atoms with E-state index in [1.165, 1.54) is 6.08 Å². The molecule has 0 radical (unpaired) electrons. The maximum Gasteiger partial charge on any atom is 0.284 e. The van der Waals surface area contributed by atoms with Crippen LogP contribution in [0.3, 0.4) is 0 Å². The monoisotopic (exact) mass is 315 g/mol. The Kier molecular flexibility index (Phi) is 2.89. The Morgan fingerprint density at radius 1 is 0.870 bits per heavy atom. The smallest absolute Gasteiger partial charge is 0.284 e. The molecule has 0 amide bonds. The Morgan fingerprint density at radius 2 is 1.57 bits per heavy atom. The Labute approximate surface area is 126 Å². The molecule has 1 aromatic rings. The van der Waals surface area contributed by atoms with Crippen LogP contribution in [0.4, 0.5) is 11.4 Å². The van der Waals surface area contributed by atoms with Gasteiger partial charge in [0.05, 0.1) is 32.0 Å². The zero-order valence-corrected chi connectivity index (χ0v) is 11.1. The van der Waals surface area contributed by atoms with Crippen LogP contribution in [0.25, 0.3) is 11.6 Å². The summed E-state index contributed by atoms with van der Waals surface area (Å²) in [5.74, 6) is -0.557. The zero-order valence-electron chi connectivity index (χ0n) is 11.1. The van der Waals surface area contributed by atoms with Crippen molar-refractivity contribution in [1.82, 2.24) is 0 Å². The molecule has 3 rings (SSSR count). The average molecular weight is 315 g/mol. The van der Waals surface area contributed by atoms with E-state index in [2.05, 4.69) is 0 Å². The lowest BCUT2D eigenvalue weighted by Crippen LogP contribution is -2.11. The normalized spacial score (nSPS) is 15.1. The van der Waals surface area contributed by atoms with Gasteiger partial charge in [0.2, 0.25) is 0 Å². The fourth-order valence-corrected chi connectivity index (χ4v) is 2.57. The molecule has 0 bridgehead atoms. The standard InChI is InChI=1S/C13H5N3O7/c17-11-2-1-9(15(20)21)13-8(11)4-6-3-7(14(18)19)5-10(12(6)13)16(22)23/h1-5H. The maximum atomic E-state index is 11.9. The van der Waals surface area contributed by atoms with Crippen molar-refractivity contribution in [2.45, 2.75) is 0 Å². The molecule has 0 aliphatic heterocycles. The van der Waals surface area contributed by atoms with E-state index in [1.807, 2.05) is 0 Å². The molecule has 0 unspecified atom stereocenters. The van der Waals surface area contributed by atoms with Crippen LogP contribution in [0, 0.1) is 30.3 Å². The number of nitro groups is 3. The number of nitro benzene ring substituents is 2. The van der Waals surface area contributed by atoms with Crippen LogP contribution >= 0.6 is 0 Å². The first kappa shape index (κ1) is 14.3. The van der Waals surface area contributed by atoms with Crippen LogP contribution < -0.4 is 0 Å². The zero-order chi connectivity index (χ0) is 16.9. The van der Waals surface area contributed by atoms with E-state index in [4.69, 9.17) is 0 Å². The molecule has 0 N–H and O–H groups in total. The van der Waals surface area contributed by atoms with E-state index in [0.29, 0.717) is 0 Å². The molecule has 23 heavy (non-hydrogen) atoms. The topological polar surface area (TPSA) is 146 Å². The third-order valence-corrected chi connectivity index (χ3v) is 3.47. The van der Waals surface area contributed by atoms with E-state index in [-0.39, 0.29) is 22.3 Å². The summed E-state index contributed by atoms with van der Waals surface area (Å²) in [5, 5.41) is 33.3. The number of rotatable bonds is 3. The number of benzene rings is 1. The Morgan fingerprint density at radius 3 is 2.13 bits per heavy atom. The SMILES string of the molecule is O=C1C=CC([N+](=O)[O-])=C2C1=Cc1cc([N+](=O)[O-])cc([N+](=O)[O-])c12. The summed E-state index contributed by atoms with van der Waals surface area (Å²) in [4.78, 5) is 42.7. The molecule has 0 saturated carbocycles. The van der Waals surface area contributed by atoms with Crippen molar-refractivity contribution in [2.24, 2.45) is 0 Å². The van der Waals surface area contributed by atoms with Crippen molar-refractivity contribution >= 4 is 28.8 Å². The van der Waals surface area contributed by atoms with Gasteiger partial charge >= 0.3 is 0 Å². The number of allylic oxidation sites excluding steroid dienone is 4. The van der Waals surface area contributed by atoms with Gasteiger partial charge in [-0.15, -0.1) is 0 Å². The van der Waals surface area contributed by atoms with Crippen molar-refractivity contribution < 1.29 is 19.6 Å². The van der Waals surface area contributed by atoms with Crippen LogP contribution in [0.2, 0.25) is 0 Å². The highest BCUT2D eigenvalue weighted by Gasteiger charge is 2.39. The van der Waals surface area contributed by atoms with E-state index in [9.17, 15) is 35.1 Å². The molecule has 1 aromatic carbocycles. The molecular weight excluding hydrogens is 310 g/mol. The number of ketones is 1. The summed E-state index contributed by atoms with van der Waals surface area (Å²) in [5.41, 5.74) is -2.04. The third-order valence-electron chi connectivity index (χ3n) is 3.47. The van der Waals surface area contributed by atoms with Gasteiger partial charge in [0.1, 0.15) is 0 Å². The van der Waals surface area contributed by atoms with Gasteiger partial charge in [-0.1, -0.05) is 0 Å². The summed E-state index contributed by atoms with van der Waals surface area (Å²) in [7, 11) is 0. The average Bonchev–Trinajstić information content (AvgIpc) is 2.86. The van der Waals surface area contributed by atoms with Crippen molar-refractivity contribution in [3.05, 3.63) is 77.0 Å². The first-order valence-electron chi connectivity index (χ1n) is 6.11. The number of carbonyl (C=O) groups is 1. The van der Waals surface area contributed by atoms with E-state index >= 15 is 0 Å². The summed E-state index contributed by atoms with van der Waals surface area (Å²) >= 11 is 0. The minimum atomic E-state index is -0.865. The van der Waals surface area contributed by atoms with E-state index < -0.39 is 37.6 Å². The lowest BCUT2D eigenvalue weighted by atomic mass is 9.93. The molecule has 0 saturated heterocycles. The molecule has 0 atom stereocenters. The molecule has 0 fully saturated rings. The van der Waals surface area contributed by atoms with Crippen LogP contribution in [-0.4, -0.2) is 20.6 Å². The molecule has 114 valence electrons. The Bertz CT molecular complexity index is 924. The van der Waals surface area contributed by atoms with Crippen LogP contribution in [0.15, 0.2) is 35.6 Å². The second-order valence-electron chi connectivity index (χ2n) is 4.72. The fraction of sp³-hybridized carbons (Fsp3) is 0. The summed E-state index contributed by atoms with van der Waals surface area (Å²) in [6.07, 6.45) is 3.15. The number of nitrogens with zero attached hydrogens (tertiary/aromatic N) is 3. The molecular formula is C13H5N3O7. The highest BCUT2D eigenvalue weighted by Crippen LogP contribution is 2.46. The molecule has 2 aliphatic carbocycles. The molecule has 2 aliphatic rings. The minimum Gasteiger partial charge on any atom is -0.289 e. The second kappa shape index (κ2) is 4.66. The number of hydrogen-bond acceptors (Lipinski definition) is 7. The van der Waals surface area contributed by atoms with Gasteiger partial charge in [0.25, 0.3) is 17.1 Å². The second-order valence-corrected chi connectivity index (χ2v) is 4.72. The lowest BCUT2D eigenvalue weighted by molar-refractivity contribution is -0.418. The molecule has 0 heterocycles. The number of hydrogen-bond donors (Lipinski definition) is 0. The van der Waals surface area contributed by atoms with Gasteiger partial charge in [-0.05, 0) is 17.7 Å². The maximum absolute atomic E-state index is 11.9. The molecule has 0 spiro atoms. The van der Waals surface area contributed by atoms with Crippen molar-refractivity contribution in [2.75, 3.05) is 0 Å². The van der Waals surface area contributed by atoms with E-state index in [1.54, 1.807) is 0 Å². The van der Waals surface area contributed by atoms with Crippen LogP contribution in [0.5, 0.6) is 0 Å². The van der Waals surface area contributed by atoms with Gasteiger partial charge in [-0.3, -0.25) is 35.1 Å². The van der Waals surface area contributed by atoms with Gasteiger partial charge in [0.15, 0.2) is 5.78 Å². The van der Waals surface area contributed by atoms with E-state index in [0.717, 1.165) is 24.3 Å². The van der Waals surface area contributed by atoms with Gasteiger partial charge in [-0.2, -0.15) is 0 Å². The Balaban J connectivity index is 2.41. The predicted molar refractivity (Wildman–Crippen MR) is 75.8 cm³/mol. The summed E-state index contributed by atoms with van der Waals surface area (Å²) in [6.45, 7) is 0. The van der Waals surface area contributed by atoms with Crippen molar-refractivity contribution in [1.29, 1.82) is 0 Å². The van der Waals surface area contributed by atoms with Gasteiger partial charge in [-0.25, -0.2) is 0 Å². The van der Waals surface area contributed by atoms with Crippen molar-refractivity contribution in [3.63, 3.8) is 0 Å². The molecule has 10 nitrogen and oxygen atoms in total. The number of carbonyl (C=O) groups excluding carboxylic acids is 1. The molecule has 0 aromatic heterocycles. The van der Waals surface area contributed by atoms with Crippen molar-refractivity contribution in [3.8, 4) is 0 Å². The predicted octanol–water partition coefficient (Wildman–Crippen LogP) is 2.03. The van der Waals surface area contributed by atoms with Gasteiger partial charge < -0.3 is 0 Å². The fourth-order valence-electron chi connectivity index (χ4n) is 2.57. The lowest BCUT2D eigenvalue weighted by Gasteiger charge is -2.09. The number of non-ortho nitro benzene ring substituents is 1.